The predicted molar refractivity (Wildman–Crippen MR) is 108 cm³/mol. The molecule has 0 bridgehead atoms. The average Bonchev–Trinajstić information content (AvgIpc) is 3.06. The number of anilines is 1. The minimum atomic E-state index is -0.633. The number of ether oxygens (including phenoxy) is 1. The lowest BCUT2D eigenvalue weighted by Crippen LogP contribution is -2.35. The molecule has 29 heavy (non-hydrogen) atoms. The summed E-state index contributed by atoms with van der Waals surface area (Å²) in [6.45, 7) is 3.82. The molecule has 4 rings (SSSR count). The summed E-state index contributed by atoms with van der Waals surface area (Å²) < 4.78 is 6.99. The first-order chi connectivity index (χ1) is 14.0. The molecule has 2 heterocycles. The fraction of sp³-hybridized carbons (Fsp3) is 0.273. The maximum absolute atomic E-state index is 13.8. The Hall–Kier alpha value is -3.48. The van der Waals surface area contributed by atoms with E-state index < -0.39 is 11.9 Å². The van der Waals surface area contributed by atoms with Crippen LogP contribution in [0, 0.1) is 6.92 Å². The molecule has 2 aromatic carbocycles. The number of aryl methyl sites for hydroxylation is 1. The number of hydrogen-bond acceptors (Lipinski definition) is 6. The normalized spacial score (nSPS) is 18.1. The van der Waals surface area contributed by atoms with Crippen LogP contribution in [0.15, 0.2) is 48.5 Å². The number of ketones is 1. The molecule has 1 aromatic heterocycles. The van der Waals surface area contributed by atoms with E-state index in [0.717, 1.165) is 5.56 Å². The van der Waals surface area contributed by atoms with Crippen molar-refractivity contribution >= 4 is 17.4 Å². The van der Waals surface area contributed by atoms with Crippen LogP contribution in [0.25, 0.3) is 0 Å². The highest BCUT2D eigenvalue weighted by atomic mass is 16.5. The Labute approximate surface area is 168 Å². The molecule has 3 aromatic rings. The SMILES string of the molecule is CCOC(=O)c1cccc2c1C(=O)C(c1nnc(C)n1C)C(c1ccccc1)N2. The smallest absolute Gasteiger partial charge is 0.338 e. The van der Waals surface area contributed by atoms with Gasteiger partial charge in [0.25, 0.3) is 0 Å². The van der Waals surface area contributed by atoms with E-state index in [1.807, 2.05) is 54.9 Å². The lowest BCUT2D eigenvalue weighted by atomic mass is 9.80. The minimum Gasteiger partial charge on any atom is -0.462 e. The van der Waals surface area contributed by atoms with Gasteiger partial charge in [0.2, 0.25) is 0 Å². The number of aromatic nitrogens is 3. The Kier molecular flexibility index (Phi) is 4.88. The molecule has 1 aliphatic rings. The fourth-order valence-corrected chi connectivity index (χ4v) is 3.77. The van der Waals surface area contributed by atoms with Crippen molar-refractivity contribution in [3.05, 3.63) is 76.9 Å². The molecule has 2 atom stereocenters. The Morgan fingerprint density at radius 2 is 1.90 bits per heavy atom. The maximum Gasteiger partial charge on any atom is 0.338 e. The summed E-state index contributed by atoms with van der Waals surface area (Å²) in [5.41, 5.74) is 2.17. The number of rotatable bonds is 4. The van der Waals surface area contributed by atoms with Gasteiger partial charge in [-0.15, -0.1) is 10.2 Å². The van der Waals surface area contributed by atoms with Crippen LogP contribution in [0.4, 0.5) is 5.69 Å². The zero-order chi connectivity index (χ0) is 20.5. The van der Waals surface area contributed by atoms with Crippen molar-refractivity contribution in [3.63, 3.8) is 0 Å². The number of fused-ring (bicyclic) bond motifs is 1. The van der Waals surface area contributed by atoms with Crippen LogP contribution in [0.5, 0.6) is 0 Å². The highest BCUT2D eigenvalue weighted by Crippen LogP contribution is 2.43. The number of carbonyl (C=O) groups excluding carboxylic acids is 2. The summed E-state index contributed by atoms with van der Waals surface area (Å²) in [6, 6.07) is 14.6. The zero-order valence-electron chi connectivity index (χ0n) is 16.5. The molecule has 148 valence electrons. The van der Waals surface area contributed by atoms with Crippen molar-refractivity contribution in [3.8, 4) is 0 Å². The number of Topliss-reactive ketones (excluding diaryl/α,β-unsaturated/α-hetero) is 1. The third kappa shape index (κ3) is 3.18. The van der Waals surface area contributed by atoms with Gasteiger partial charge in [0.1, 0.15) is 17.6 Å². The minimum absolute atomic E-state index is 0.174. The molecule has 0 fully saturated rings. The molecule has 0 aliphatic carbocycles. The Morgan fingerprint density at radius 3 is 2.55 bits per heavy atom. The molecule has 0 saturated carbocycles. The van der Waals surface area contributed by atoms with Crippen LogP contribution in [0.3, 0.4) is 0 Å². The summed E-state index contributed by atoms with van der Waals surface area (Å²) in [7, 11) is 1.84. The Bertz CT molecular complexity index is 1070. The van der Waals surface area contributed by atoms with Gasteiger partial charge >= 0.3 is 5.97 Å². The standard InChI is InChI=1S/C22H22N4O3/c1-4-29-22(28)15-11-8-12-16-17(15)20(27)18(21-25-24-13(2)26(21)3)19(23-16)14-9-6-5-7-10-14/h5-12,18-19,23H,4H2,1-3H3. The first kappa shape index (κ1) is 18.9. The van der Waals surface area contributed by atoms with Crippen LogP contribution < -0.4 is 5.32 Å². The number of nitrogens with zero attached hydrogens (tertiary/aromatic N) is 3. The van der Waals surface area contributed by atoms with Gasteiger partial charge < -0.3 is 14.6 Å². The van der Waals surface area contributed by atoms with E-state index in [2.05, 4.69) is 15.5 Å². The monoisotopic (exact) mass is 390 g/mol. The van der Waals surface area contributed by atoms with Gasteiger partial charge in [-0.3, -0.25) is 4.79 Å². The largest absolute Gasteiger partial charge is 0.462 e. The van der Waals surface area contributed by atoms with Gasteiger partial charge in [0, 0.05) is 12.7 Å². The Balaban J connectivity index is 1.90. The molecule has 7 nitrogen and oxygen atoms in total. The summed E-state index contributed by atoms with van der Waals surface area (Å²) in [4.78, 5) is 26.3. The van der Waals surface area contributed by atoms with Gasteiger partial charge in [-0.25, -0.2) is 4.79 Å². The second-order valence-corrected chi connectivity index (χ2v) is 6.99. The first-order valence-electron chi connectivity index (χ1n) is 9.54. The number of nitrogens with one attached hydrogen (secondary N) is 1. The second kappa shape index (κ2) is 7.50. The highest BCUT2D eigenvalue weighted by Gasteiger charge is 2.42. The summed E-state index contributed by atoms with van der Waals surface area (Å²) in [5.74, 6) is -0.0498. The van der Waals surface area contributed by atoms with Gasteiger partial charge in [-0.05, 0) is 31.5 Å². The van der Waals surface area contributed by atoms with Gasteiger partial charge in [-0.2, -0.15) is 0 Å². The van der Waals surface area contributed by atoms with E-state index >= 15 is 0 Å². The number of benzene rings is 2. The van der Waals surface area contributed by atoms with Gasteiger partial charge in [-0.1, -0.05) is 36.4 Å². The van der Waals surface area contributed by atoms with Crippen LogP contribution in [-0.2, 0) is 11.8 Å². The van der Waals surface area contributed by atoms with Crippen LogP contribution in [0.1, 0.15) is 56.8 Å². The van der Waals surface area contributed by atoms with Crippen LogP contribution in [-0.4, -0.2) is 33.1 Å². The molecule has 1 N–H and O–H groups in total. The van der Waals surface area contributed by atoms with Crippen molar-refractivity contribution in [1.82, 2.24) is 14.8 Å². The summed E-state index contributed by atoms with van der Waals surface area (Å²) in [6.07, 6.45) is 0. The van der Waals surface area contributed by atoms with Crippen molar-refractivity contribution in [2.45, 2.75) is 25.8 Å². The number of hydrogen-bond donors (Lipinski definition) is 1. The third-order valence-electron chi connectivity index (χ3n) is 5.30. The molecule has 2 unspecified atom stereocenters. The molecular formula is C22H22N4O3. The van der Waals surface area contributed by atoms with E-state index in [1.54, 1.807) is 19.1 Å². The molecular weight excluding hydrogens is 368 g/mol. The molecule has 1 aliphatic heterocycles. The van der Waals surface area contributed by atoms with Gasteiger partial charge in [0.15, 0.2) is 5.78 Å². The second-order valence-electron chi connectivity index (χ2n) is 6.99. The van der Waals surface area contributed by atoms with Crippen molar-refractivity contribution in [1.29, 1.82) is 0 Å². The molecule has 7 heteroatoms. The molecule has 0 saturated heterocycles. The van der Waals surface area contributed by atoms with Crippen molar-refractivity contribution in [2.75, 3.05) is 11.9 Å². The van der Waals surface area contributed by atoms with Crippen LogP contribution >= 0.6 is 0 Å². The van der Waals surface area contributed by atoms with E-state index in [0.29, 0.717) is 22.9 Å². The molecule has 0 amide bonds. The Morgan fingerprint density at radius 1 is 1.14 bits per heavy atom. The van der Waals surface area contributed by atoms with E-state index in [4.69, 9.17) is 4.74 Å². The summed E-state index contributed by atoms with van der Waals surface area (Å²) in [5, 5.41) is 11.9. The van der Waals surface area contributed by atoms with E-state index in [1.165, 1.54) is 0 Å². The zero-order valence-corrected chi connectivity index (χ0v) is 16.5. The topological polar surface area (TPSA) is 86.1 Å². The van der Waals surface area contributed by atoms with E-state index in [9.17, 15) is 9.59 Å². The predicted octanol–water partition coefficient (Wildman–Crippen LogP) is 3.43. The third-order valence-corrected chi connectivity index (χ3v) is 5.30. The van der Waals surface area contributed by atoms with E-state index in [-0.39, 0.29) is 24.0 Å². The first-order valence-corrected chi connectivity index (χ1v) is 9.54. The molecule has 0 radical (unpaired) electrons. The van der Waals surface area contributed by atoms with Crippen molar-refractivity contribution < 1.29 is 14.3 Å². The lowest BCUT2D eigenvalue weighted by Gasteiger charge is -2.34. The highest BCUT2D eigenvalue weighted by molar-refractivity contribution is 6.14. The number of carbonyl (C=O) groups is 2. The van der Waals surface area contributed by atoms with Gasteiger partial charge in [0.05, 0.1) is 23.8 Å². The number of esters is 1. The van der Waals surface area contributed by atoms with Crippen molar-refractivity contribution in [2.24, 2.45) is 7.05 Å². The van der Waals surface area contributed by atoms with Crippen LogP contribution in [0.2, 0.25) is 0 Å². The summed E-state index contributed by atoms with van der Waals surface area (Å²) >= 11 is 0. The average molecular weight is 390 g/mol. The lowest BCUT2D eigenvalue weighted by molar-refractivity contribution is 0.0522. The maximum atomic E-state index is 13.8. The quantitative estimate of drug-likeness (QED) is 0.687. The fourth-order valence-electron chi connectivity index (χ4n) is 3.77. The molecule has 0 spiro atoms.